The maximum Gasteiger partial charge on any atom is 0.257 e. The second kappa shape index (κ2) is 18.2. The summed E-state index contributed by atoms with van der Waals surface area (Å²) in [6, 6.07) is 13.7. The Morgan fingerprint density at radius 3 is 2.37 bits per heavy atom. The number of pyridine rings is 2. The van der Waals surface area contributed by atoms with Crippen molar-refractivity contribution < 1.29 is 28.0 Å². The van der Waals surface area contributed by atoms with Crippen LogP contribution in [0.2, 0.25) is 0 Å². The van der Waals surface area contributed by atoms with E-state index in [2.05, 4.69) is 55.4 Å². The molecule has 1 saturated carbocycles. The standard InChI is InChI=1S/C54H60F2N10O5/c1-32-25-36(26-40(55)49(32)35-12-19-62(20-13-35)33(2)46-28-38-43(9-16-58-50(38)60(46)4)65-31-41(56)42(57-3)29-48(65)68)52(70)64-17-10-34(11-18-64)30-61-21-23-63(24-22-61)37-5-6-44-39(27-37)54(14-15-54)53(71)66(44)45-7-8-47(67)59-51(45)69/h5-6,9,12,16,25-29,31,33-34,45,57H,7-8,10-11,13-15,17-24,30H2,1-4H3,(H,59,67,69)/t33-,45+/m0/s1. The summed E-state index contributed by atoms with van der Waals surface area (Å²) in [5.74, 6) is -1.30. The highest BCUT2D eigenvalue weighted by molar-refractivity contribution is 6.15. The first kappa shape index (κ1) is 46.7. The number of hydrogen-bond donors (Lipinski definition) is 2. The normalized spacial score (nSPS) is 21.2. The van der Waals surface area contributed by atoms with E-state index in [-0.39, 0.29) is 47.2 Å². The van der Waals surface area contributed by atoms with Gasteiger partial charge in [-0.3, -0.25) is 48.6 Å². The number of piperazine rings is 1. The Morgan fingerprint density at radius 2 is 1.68 bits per heavy atom. The number of carbonyl (C=O) groups excluding carboxylic acids is 4. The topological polar surface area (TPSA) is 148 Å². The highest BCUT2D eigenvalue weighted by atomic mass is 19.1. The molecule has 17 heteroatoms. The average Bonchev–Trinajstić information content (AvgIpc) is 4.06. The van der Waals surface area contributed by atoms with E-state index in [9.17, 15) is 28.4 Å². The van der Waals surface area contributed by atoms with Gasteiger partial charge in [-0.25, -0.2) is 13.8 Å². The van der Waals surface area contributed by atoms with Crippen LogP contribution in [0.1, 0.15) is 90.7 Å². The molecular formula is C54H60F2N10O5. The maximum atomic E-state index is 16.1. The van der Waals surface area contributed by atoms with E-state index in [1.54, 1.807) is 24.2 Å². The van der Waals surface area contributed by atoms with Gasteiger partial charge in [-0.2, -0.15) is 0 Å². The number of fused-ring (bicyclic) bond motifs is 3. The third-order valence-electron chi connectivity index (χ3n) is 16.4. The van der Waals surface area contributed by atoms with Crippen molar-refractivity contribution in [1.82, 2.24) is 34.1 Å². The Balaban J connectivity index is 0.680. The van der Waals surface area contributed by atoms with Crippen LogP contribution >= 0.6 is 0 Å². The number of rotatable bonds is 10. The Kier molecular flexibility index (Phi) is 11.9. The van der Waals surface area contributed by atoms with Crippen molar-refractivity contribution in [3.05, 3.63) is 117 Å². The summed E-state index contributed by atoms with van der Waals surface area (Å²) in [6.07, 6.45) is 9.41. The predicted octanol–water partition coefficient (Wildman–Crippen LogP) is 6.06. The van der Waals surface area contributed by atoms with E-state index in [1.807, 2.05) is 41.6 Å². The van der Waals surface area contributed by atoms with Gasteiger partial charge in [-0.15, -0.1) is 0 Å². The minimum absolute atomic E-state index is 0.0193. The monoisotopic (exact) mass is 966 g/mol. The van der Waals surface area contributed by atoms with Crippen molar-refractivity contribution in [2.24, 2.45) is 13.0 Å². The van der Waals surface area contributed by atoms with Crippen LogP contribution in [-0.4, -0.2) is 124 Å². The van der Waals surface area contributed by atoms with Crippen LogP contribution in [0.15, 0.2) is 71.8 Å². The highest BCUT2D eigenvalue weighted by Gasteiger charge is 2.61. The van der Waals surface area contributed by atoms with Crippen LogP contribution in [-0.2, 0) is 26.8 Å². The van der Waals surface area contributed by atoms with Crippen LogP contribution < -0.4 is 26.0 Å². The summed E-state index contributed by atoms with van der Waals surface area (Å²) in [6.45, 7) is 11.0. The van der Waals surface area contributed by atoms with Gasteiger partial charge in [-0.1, -0.05) is 6.08 Å². The van der Waals surface area contributed by atoms with Crippen molar-refractivity contribution in [1.29, 1.82) is 0 Å². The lowest BCUT2D eigenvalue weighted by Crippen LogP contribution is -2.54. The lowest BCUT2D eigenvalue weighted by Gasteiger charge is -2.40. The molecule has 370 valence electrons. The van der Waals surface area contributed by atoms with Crippen molar-refractivity contribution in [2.45, 2.75) is 76.3 Å². The Hall–Kier alpha value is -6.72. The molecule has 11 rings (SSSR count). The van der Waals surface area contributed by atoms with E-state index in [0.29, 0.717) is 67.4 Å². The molecule has 1 spiro atoms. The van der Waals surface area contributed by atoms with Crippen molar-refractivity contribution in [2.75, 3.05) is 81.1 Å². The summed E-state index contributed by atoms with van der Waals surface area (Å²) in [7, 11) is 3.51. The molecule has 2 N–H and O–H groups in total. The number of amides is 4. The number of hydrogen-bond acceptors (Lipinski definition) is 10. The first-order chi connectivity index (χ1) is 34.2. The van der Waals surface area contributed by atoms with Crippen LogP contribution in [0.4, 0.5) is 25.8 Å². The SMILES string of the molecule is CNc1cc(=O)n(-c2ccnc3c2cc([C@H](C)N2CC=C(c4c(C)cc(C(=O)N5CCC(CN6CCN(c7ccc8c(c7)C7(CC7)C(=O)N8[C@@H]7CCC(=O)NC7=O)CC6)CC5)cc4F)CC2)n3C)cc1F. The quantitative estimate of drug-likeness (QED) is 0.158. The Morgan fingerprint density at radius 1 is 0.901 bits per heavy atom. The zero-order valence-corrected chi connectivity index (χ0v) is 40.8. The van der Waals surface area contributed by atoms with Gasteiger partial charge in [0.2, 0.25) is 17.7 Å². The van der Waals surface area contributed by atoms with Crippen molar-refractivity contribution in [3.63, 3.8) is 0 Å². The number of halogens is 2. The van der Waals surface area contributed by atoms with Crippen LogP contribution in [0.3, 0.4) is 0 Å². The maximum absolute atomic E-state index is 16.1. The minimum atomic E-state index is -0.659. The summed E-state index contributed by atoms with van der Waals surface area (Å²) in [4.78, 5) is 80.5. The summed E-state index contributed by atoms with van der Waals surface area (Å²) in [5, 5.41) is 5.87. The number of nitrogens with zero attached hydrogens (tertiary/aromatic N) is 8. The van der Waals surface area contributed by atoms with Gasteiger partial charge in [0.25, 0.3) is 11.5 Å². The molecule has 5 aromatic rings. The minimum Gasteiger partial charge on any atom is -0.386 e. The molecular weight excluding hydrogens is 907 g/mol. The van der Waals surface area contributed by atoms with Crippen molar-refractivity contribution >= 4 is 57.3 Å². The van der Waals surface area contributed by atoms with E-state index in [4.69, 9.17) is 0 Å². The third-order valence-corrected chi connectivity index (χ3v) is 16.4. The largest absolute Gasteiger partial charge is 0.386 e. The van der Waals surface area contributed by atoms with Gasteiger partial charge in [0.15, 0.2) is 5.82 Å². The molecule has 71 heavy (non-hydrogen) atoms. The zero-order chi connectivity index (χ0) is 49.5. The fraction of sp³-hybridized carbons (Fsp3) is 0.444. The molecule has 2 atom stereocenters. The van der Waals surface area contributed by atoms with Gasteiger partial charge >= 0.3 is 0 Å². The lowest BCUT2D eigenvalue weighted by molar-refractivity contribution is -0.135. The molecule has 4 fully saturated rings. The van der Waals surface area contributed by atoms with Crippen LogP contribution in [0, 0.1) is 24.5 Å². The molecule has 5 aliphatic heterocycles. The fourth-order valence-corrected chi connectivity index (χ4v) is 12.1. The number of piperidine rings is 2. The molecule has 3 aromatic heterocycles. The molecule has 15 nitrogen and oxygen atoms in total. The first-order valence-electron chi connectivity index (χ1n) is 25.1. The molecule has 0 radical (unpaired) electrons. The molecule has 2 aromatic carbocycles. The second-order valence-corrected chi connectivity index (χ2v) is 20.4. The smallest absolute Gasteiger partial charge is 0.257 e. The molecule has 6 aliphatic rings. The predicted molar refractivity (Wildman–Crippen MR) is 268 cm³/mol. The van der Waals surface area contributed by atoms with E-state index < -0.39 is 23.2 Å². The van der Waals surface area contributed by atoms with Crippen molar-refractivity contribution in [3.8, 4) is 5.69 Å². The van der Waals surface area contributed by atoms with Crippen LogP contribution in [0.5, 0.6) is 0 Å². The van der Waals surface area contributed by atoms with E-state index in [0.717, 1.165) is 97.6 Å². The summed E-state index contributed by atoms with van der Waals surface area (Å²) < 4.78 is 34.2. The summed E-state index contributed by atoms with van der Waals surface area (Å²) in [5.41, 5.74) is 6.91. The molecule has 0 bridgehead atoms. The van der Waals surface area contributed by atoms with Gasteiger partial charge in [-0.05, 0) is 117 Å². The fourth-order valence-electron chi connectivity index (χ4n) is 12.1. The lowest BCUT2D eigenvalue weighted by atomic mass is 9.92. The van der Waals surface area contributed by atoms with E-state index >= 15 is 4.39 Å². The van der Waals surface area contributed by atoms with Crippen LogP contribution in [0.25, 0.3) is 22.3 Å². The number of nitrogens with one attached hydrogen (secondary N) is 2. The number of aromatic nitrogens is 3. The average molecular weight is 967 g/mol. The number of likely N-dealkylation sites (tertiary alicyclic amines) is 1. The van der Waals surface area contributed by atoms with Gasteiger partial charge in [0.1, 0.15) is 17.5 Å². The molecule has 0 unspecified atom stereocenters. The van der Waals surface area contributed by atoms with Gasteiger partial charge in [0.05, 0.1) is 23.0 Å². The van der Waals surface area contributed by atoms with E-state index in [1.165, 1.54) is 22.9 Å². The molecule has 4 amide bonds. The highest BCUT2D eigenvalue weighted by Crippen LogP contribution is 2.59. The third kappa shape index (κ3) is 8.20. The summed E-state index contributed by atoms with van der Waals surface area (Å²) >= 11 is 0. The van der Waals surface area contributed by atoms with Gasteiger partial charge in [0, 0.05) is 131 Å². The molecule has 8 heterocycles. The number of anilines is 3. The zero-order valence-electron chi connectivity index (χ0n) is 40.8. The number of aryl methyl sites for hydroxylation is 2. The number of benzene rings is 2. The van der Waals surface area contributed by atoms with Gasteiger partial charge < -0.3 is 19.7 Å². The molecule has 3 saturated heterocycles. The Labute approximate surface area is 411 Å². The first-order valence-corrected chi connectivity index (χ1v) is 25.1. The second-order valence-electron chi connectivity index (χ2n) is 20.4. The molecule has 1 aliphatic carbocycles. The number of imide groups is 1. The number of carbonyl (C=O) groups is 4. The Bertz CT molecular complexity index is 3080.